The number of benzene rings is 1. The Labute approximate surface area is 166 Å². The van der Waals surface area contributed by atoms with Crippen LogP contribution in [0.5, 0.6) is 0 Å². The number of fused-ring (bicyclic) bond motifs is 3. The molecule has 2 N–H and O–H groups in total. The number of nitrogens with zero attached hydrogens (tertiary/aromatic N) is 3. The zero-order valence-corrected chi connectivity index (χ0v) is 16.6. The Balaban J connectivity index is 1.47. The number of hydrogen-bond donors (Lipinski definition) is 2. The Hall–Kier alpha value is -2.71. The van der Waals surface area contributed by atoms with Crippen molar-refractivity contribution in [3.05, 3.63) is 46.4 Å². The first-order valence-corrected chi connectivity index (χ1v) is 10.4. The van der Waals surface area contributed by atoms with Crippen LogP contribution >= 0.6 is 11.3 Å². The fourth-order valence-electron chi connectivity index (χ4n) is 3.33. The lowest BCUT2D eigenvalue weighted by molar-refractivity contribution is 0.0514. The van der Waals surface area contributed by atoms with Crippen molar-refractivity contribution in [1.82, 2.24) is 25.3 Å². The highest BCUT2D eigenvalue weighted by atomic mass is 32.1. The number of carbonyl (C=O) groups is 1. The van der Waals surface area contributed by atoms with Crippen LogP contribution < -0.4 is 5.32 Å². The molecule has 0 bridgehead atoms. The second kappa shape index (κ2) is 8.53. The number of aromatic nitrogens is 4. The lowest BCUT2D eigenvalue weighted by Crippen LogP contribution is -2.21. The van der Waals surface area contributed by atoms with Gasteiger partial charge in [0.1, 0.15) is 5.52 Å². The standard InChI is InChI=1S/C20H23N5O2S/c1-2-27-20(26)19-15-6-7-17-16(13-22-23-17)18(15)24-25(19)11-4-9-21-10-8-14-5-3-12-28-14/h3,5-7,12-13,21H,2,4,8-11H2,1H3,(H,22,23). The van der Waals surface area contributed by atoms with Gasteiger partial charge in [0, 0.05) is 22.2 Å². The smallest absolute Gasteiger partial charge is 0.357 e. The fraction of sp³-hybridized carbons (Fsp3) is 0.350. The minimum atomic E-state index is -0.335. The summed E-state index contributed by atoms with van der Waals surface area (Å²) in [6.45, 7) is 4.61. The third-order valence-corrected chi connectivity index (χ3v) is 5.59. The molecule has 1 aromatic carbocycles. The monoisotopic (exact) mass is 397 g/mol. The average molecular weight is 398 g/mol. The largest absolute Gasteiger partial charge is 0.461 e. The van der Waals surface area contributed by atoms with E-state index >= 15 is 0 Å². The van der Waals surface area contributed by atoms with Gasteiger partial charge in [0.25, 0.3) is 0 Å². The van der Waals surface area contributed by atoms with Gasteiger partial charge >= 0.3 is 5.97 Å². The molecule has 0 amide bonds. The van der Waals surface area contributed by atoms with E-state index in [1.807, 2.05) is 19.1 Å². The summed E-state index contributed by atoms with van der Waals surface area (Å²) in [7, 11) is 0. The molecule has 8 heteroatoms. The second-order valence-electron chi connectivity index (χ2n) is 6.52. The van der Waals surface area contributed by atoms with Crippen molar-refractivity contribution in [3.63, 3.8) is 0 Å². The highest BCUT2D eigenvalue weighted by Crippen LogP contribution is 2.26. The molecule has 3 heterocycles. The Morgan fingerprint density at radius 3 is 3.04 bits per heavy atom. The molecule has 0 aliphatic carbocycles. The topological polar surface area (TPSA) is 84.8 Å². The van der Waals surface area contributed by atoms with Gasteiger partial charge in [0.05, 0.1) is 18.3 Å². The number of ether oxygens (including phenoxy) is 1. The average Bonchev–Trinajstić information content (AvgIpc) is 3.43. The second-order valence-corrected chi connectivity index (χ2v) is 7.55. The van der Waals surface area contributed by atoms with Gasteiger partial charge in [0.2, 0.25) is 0 Å². The molecule has 4 rings (SSSR count). The van der Waals surface area contributed by atoms with Crippen molar-refractivity contribution < 1.29 is 9.53 Å². The lowest BCUT2D eigenvalue weighted by Gasteiger charge is -2.08. The first-order valence-electron chi connectivity index (χ1n) is 9.50. The Kier molecular flexibility index (Phi) is 5.68. The summed E-state index contributed by atoms with van der Waals surface area (Å²) < 4.78 is 7.05. The van der Waals surface area contributed by atoms with Crippen LogP contribution in [0.3, 0.4) is 0 Å². The number of thiophene rings is 1. The number of esters is 1. The maximum Gasteiger partial charge on any atom is 0.357 e. The highest BCUT2D eigenvalue weighted by Gasteiger charge is 2.21. The number of aromatic amines is 1. The van der Waals surface area contributed by atoms with E-state index in [4.69, 9.17) is 9.84 Å². The molecular weight excluding hydrogens is 374 g/mol. The lowest BCUT2D eigenvalue weighted by atomic mass is 10.1. The van der Waals surface area contributed by atoms with Gasteiger partial charge in [-0.3, -0.25) is 9.78 Å². The Morgan fingerprint density at radius 1 is 1.29 bits per heavy atom. The van der Waals surface area contributed by atoms with Gasteiger partial charge < -0.3 is 10.1 Å². The SMILES string of the molecule is CCOC(=O)c1c2ccc3[nH]ncc3c2nn1CCCNCCc1cccs1. The number of rotatable bonds is 9. The zero-order valence-electron chi connectivity index (χ0n) is 15.8. The molecule has 0 saturated carbocycles. The molecule has 0 spiro atoms. The van der Waals surface area contributed by atoms with Crippen LogP contribution in [-0.2, 0) is 17.7 Å². The predicted octanol–water partition coefficient (Wildman–Crippen LogP) is 3.37. The normalized spacial score (nSPS) is 11.5. The summed E-state index contributed by atoms with van der Waals surface area (Å²) in [5, 5.41) is 19.0. The fourth-order valence-corrected chi connectivity index (χ4v) is 4.04. The Bertz CT molecular complexity index is 1070. The summed E-state index contributed by atoms with van der Waals surface area (Å²) in [6, 6.07) is 8.07. The summed E-state index contributed by atoms with van der Waals surface area (Å²) >= 11 is 1.78. The maximum absolute atomic E-state index is 12.6. The van der Waals surface area contributed by atoms with E-state index in [2.05, 4.69) is 33.0 Å². The third-order valence-electron chi connectivity index (χ3n) is 4.65. The van der Waals surface area contributed by atoms with Crippen LogP contribution in [0.4, 0.5) is 0 Å². The van der Waals surface area contributed by atoms with E-state index in [1.54, 1.807) is 22.2 Å². The number of carbonyl (C=O) groups excluding carboxylic acids is 1. The van der Waals surface area contributed by atoms with Crippen LogP contribution in [-0.4, -0.2) is 45.6 Å². The highest BCUT2D eigenvalue weighted by molar-refractivity contribution is 7.09. The van der Waals surface area contributed by atoms with Crippen molar-refractivity contribution in [2.75, 3.05) is 19.7 Å². The van der Waals surface area contributed by atoms with E-state index in [-0.39, 0.29) is 5.97 Å². The van der Waals surface area contributed by atoms with E-state index in [0.29, 0.717) is 18.8 Å². The molecule has 0 unspecified atom stereocenters. The Morgan fingerprint density at radius 2 is 2.21 bits per heavy atom. The van der Waals surface area contributed by atoms with Crippen LogP contribution in [0.1, 0.15) is 28.7 Å². The van der Waals surface area contributed by atoms with Gasteiger partial charge in [0.15, 0.2) is 5.69 Å². The van der Waals surface area contributed by atoms with Gasteiger partial charge in [-0.1, -0.05) is 6.07 Å². The number of nitrogens with one attached hydrogen (secondary N) is 2. The van der Waals surface area contributed by atoms with E-state index < -0.39 is 0 Å². The van der Waals surface area contributed by atoms with Crippen LogP contribution in [0, 0.1) is 0 Å². The molecule has 28 heavy (non-hydrogen) atoms. The number of aryl methyl sites for hydroxylation is 1. The molecule has 0 fully saturated rings. The van der Waals surface area contributed by atoms with Crippen molar-refractivity contribution >= 4 is 39.1 Å². The molecule has 3 aromatic heterocycles. The molecule has 146 valence electrons. The molecule has 4 aromatic rings. The van der Waals surface area contributed by atoms with Gasteiger partial charge in [-0.05, 0) is 56.4 Å². The summed E-state index contributed by atoms with van der Waals surface area (Å²) in [6.07, 6.45) is 3.66. The molecule has 7 nitrogen and oxygen atoms in total. The van der Waals surface area contributed by atoms with Crippen LogP contribution in [0.25, 0.3) is 21.8 Å². The molecule has 0 radical (unpaired) electrons. The number of hydrogen-bond acceptors (Lipinski definition) is 6. The quantitative estimate of drug-likeness (QED) is 0.334. The van der Waals surface area contributed by atoms with Crippen molar-refractivity contribution in [3.8, 4) is 0 Å². The van der Waals surface area contributed by atoms with E-state index in [1.165, 1.54) is 4.88 Å². The van der Waals surface area contributed by atoms with E-state index in [0.717, 1.165) is 47.7 Å². The summed E-state index contributed by atoms with van der Waals surface area (Å²) in [5.74, 6) is -0.335. The third kappa shape index (κ3) is 3.79. The van der Waals surface area contributed by atoms with Gasteiger partial charge in [-0.25, -0.2) is 4.79 Å². The van der Waals surface area contributed by atoms with Gasteiger partial charge in [-0.15, -0.1) is 11.3 Å². The van der Waals surface area contributed by atoms with Crippen molar-refractivity contribution in [2.45, 2.75) is 26.3 Å². The zero-order chi connectivity index (χ0) is 19.3. The molecular formula is C20H23N5O2S. The summed E-state index contributed by atoms with van der Waals surface area (Å²) in [4.78, 5) is 13.9. The molecule has 0 aliphatic rings. The minimum Gasteiger partial charge on any atom is -0.461 e. The number of H-pyrrole nitrogens is 1. The summed E-state index contributed by atoms with van der Waals surface area (Å²) in [5.41, 5.74) is 2.20. The van der Waals surface area contributed by atoms with E-state index in [9.17, 15) is 4.79 Å². The first kappa shape index (κ1) is 18.6. The van der Waals surface area contributed by atoms with Crippen LogP contribution in [0.2, 0.25) is 0 Å². The molecule has 0 aliphatic heterocycles. The van der Waals surface area contributed by atoms with Crippen LogP contribution in [0.15, 0.2) is 35.8 Å². The molecule has 0 atom stereocenters. The van der Waals surface area contributed by atoms with Crippen molar-refractivity contribution in [2.24, 2.45) is 0 Å². The predicted molar refractivity (Wildman–Crippen MR) is 111 cm³/mol. The van der Waals surface area contributed by atoms with Crippen molar-refractivity contribution in [1.29, 1.82) is 0 Å². The minimum absolute atomic E-state index is 0.335. The van der Waals surface area contributed by atoms with Gasteiger partial charge in [-0.2, -0.15) is 10.2 Å². The molecule has 0 saturated heterocycles. The maximum atomic E-state index is 12.6. The first-order chi connectivity index (χ1) is 13.8.